The lowest BCUT2D eigenvalue weighted by Crippen LogP contribution is -2.44. The summed E-state index contributed by atoms with van der Waals surface area (Å²) in [5.41, 5.74) is 4.16. The molecule has 2 saturated heterocycles. The molecule has 0 bridgehead atoms. The summed E-state index contributed by atoms with van der Waals surface area (Å²) < 4.78 is 38.2. The van der Waals surface area contributed by atoms with Gasteiger partial charge < -0.3 is 15.0 Å². The van der Waals surface area contributed by atoms with Gasteiger partial charge >= 0.3 is 5.69 Å². The number of anilines is 2. The van der Waals surface area contributed by atoms with Gasteiger partial charge in [-0.1, -0.05) is 30.5 Å². The van der Waals surface area contributed by atoms with E-state index in [-0.39, 0.29) is 45.6 Å². The molecule has 2 aliphatic heterocycles. The van der Waals surface area contributed by atoms with E-state index in [9.17, 15) is 27.6 Å². The van der Waals surface area contributed by atoms with Crippen molar-refractivity contribution in [1.29, 1.82) is 0 Å². The van der Waals surface area contributed by atoms with Crippen molar-refractivity contribution in [3.8, 4) is 0 Å². The van der Waals surface area contributed by atoms with Crippen LogP contribution in [0.1, 0.15) is 126 Å². The molecule has 5 heterocycles. The molecule has 4 fully saturated rings. The van der Waals surface area contributed by atoms with Crippen LogP contribution in [0.15, 0.2) is 63.1 Å². The molecule has 1 atom stereocenters. The highest BCUT2D eigenvalue weighted by atomic mass is 35.5. The molecule has 66 heavy (non-hydrogen) atoms. The zero-order valence-electron chi connectivity index (χ0n) is 38.4. The van der Waals surface area contributed by atoms with Crippen molar-refractivity contribution in [3.05, 3.63) is 85.6 Å². The summed E-state index contributed by atoms with van der Waals surface area (Å²) in [7, 11) is -1.96. The molecular formula is C49H61ClN8O7S. The third-order valence-corrected chi connectivity index (χ3v) is 17.8. The first-order valence-electron chi connectivity index (χ1n) is 23.7. The van der Waals surface area contributed by atoms with E-state index in [1.807, 2.05) is 13.0 Å². The Balaban J connectivity index is 0.737. The third-order valence-electron chi connectivity index (χ3n) is 15.0. The Hall–Kier alpha value is -4.90. The number of imide groups is 1. The number of sulfone groups is 1. The predicted molar refractivity (Wildman–Crippen MR) is 255 cm³/mol. The highest BCUT2D eigenvalue weighted by Gasteiger charge is 2.37. The number of nitrogens with zero attached hydrogens (tertiary/aromatic N) is 6. The molecule has 1 unspecified atom stereocenters. The van der Waals surface area contributed by atoms with E-state index in [0.717, 1.165) is 94.9 Å². The van der Waals surface area contributed by atoms with Crippen molar-refractivity contribution in [2.75, 3.05) is 31.6 Å². The van der Waals surface area contributed by atoms with E-state index in [1.54, 1.807) is 60.5 Å². The van der Waals surface area contributed by atoms with Gasteiger partial charge in [0.15, 0.2) is 9.84 Å². The first kappa shape index (κ1) is 46.2. The van der Waals surface area contributed by atoms with Gasteiger partial charge in [-0.2, -0.15) is 4.98 Å². The lowest BCUT2D eigenvalue weighted by molar-refractivity contribution is -0.135. The number of nitrogens with one attached hydrogen (secondary N) is 2. The summed E-state index contributed by atoms with van der Waals surface area (Å²) in [5, 5.41) is 6.46. The van der Waals surface area contributed by atoms with Crippen molar-refractivity contribution >= 4 is 67.0 Å². The number of benzene rings is 2. The van der Waals surface area contributed by atoms with E-state index in [1.165, 1.54) is 10.1 Å². The number of halogens is 1. The topological polar surface area (TPSA) is 180 Å². The minimum atomic E-state index is -3.71. The number of pyridine rings is 1. The number of carbonyl (C=O) groups excluding carboxylic acids is 2. The van der Waals surface area contributed by atoms with Crippen LogP contribution in [0.4, 0.5) is 11.6 Å². The fraction of sp³-hybridized carbons (Fsp3) is 0.551. The van der Waals surface area contributed by atoms with Gasteiger partial charge in [0.25, 0.3) is 5.56 Å². The monoisotopic (exact) mass is 940 g/mol. The number of ether oxygens (including phenoxy) is 1. The van der Waals surface area contributed by atoms with Crippen LogP contribution < -0.4 is 21.9 Å². The van der Waals surface area contributed by atoms with Crippen LogP contribution in [0.25, 0.3) is 22.1 Å². The van der Waals surface area contributed by atoms with Crippen LogP contribution in [0.3, 0.4) is 0 Å². The van der Waals surface area contributed by atoms with Crippen molar-refractivity contribution in [2.24, 2.45) is 13.0 Å². The molecule has 352 valence electrons. The minimum absolute atomic E-state index is 0.0398. The zero-order valence-corrected chi connectivity index (χ0v) is 39.9. The maximum atomic E-state index is 14.0. The number of rotatable bonds is 13. The highest BCUT2D eigenvalue weighted by molar-refractivity contribution is 7.92. The number of aromatic nitrogens is 5. The first-order chi connectivity index (χ1) is 31.6. The summed E-state index contributed by atoms with van der Waals surface area (Å²) in [5.74, 6) is 0.575. The number of fused-ring (bicyclic) bond motifs is 2. The molecule has 0 radical (unpaired) electrons. The second-order valence-corrected chi connectivity index (χ2v) is 22.7. The molecule has 3 aromatic heterocycles. The molecule has 15 nitrogen and oxygen atoms in total. The summed E-state index contributed by atoms with van der Waals surface area (Å²) in [6.07, 6.45) is 12.7. The maximum Gasteiger partial charge on any atom is 0.329 e. The van der Waals surface area contributed by atoms with Crippen molar-refractivity contribution in [3.63, 3.8) is 0 Å². The van der Waals surface area contributed by atoms with Crippen molar-refractivity contribution in [2.45, 2.75) is 138 Å². The number of hydrogen-bond acceptors (Lipinski definition) is 11. The SMILES string of the molecule is Cc1cc(S(=O)(=O)C(C)(C)CCOC2CCC(CN3CCC(c4ccc5c(c4)n(C)c(=O)n5C4CCC(=O)NC4=O)CC3)CC2)ccc1Nc1ncc2cc(Cl)c(=O)n(C3CCCC3)c2n1. The van der Waals surface area contributed by atoms with E-state index in [0.29, 0.717) is 59.5 Å². The average molecular weight is 942 g/mol. The third kappa shape index (κ3) is 9.10. The smallest absolute Gasteiger partial charge is 0.329 e. The van der Waals surface area contributed by atoms with E-state index in [4.69, 9.17) is 21.3 Å². The Morgan fingerprint density at radius 1 is 0.894 bits per heavy atom. The number of hydrogen-bond donors (Lipinski definition) is 2. The Bertz CT molecular complexity index is 2900. The maximum absolute atomic E-state index is 14.0. The fourth-order valence-corrected chi connectivity index (χ4v) is 12.6. The highest BCUT2D eigenvalue weighted by Crippen LogP contribution is 2.36. The molecule has 2 N–H and O–H groups in total. The van der Waals surface area contributed by atoms with E-state index >= 15 is 0 Å². The summed E-state index contributed by atoms with van der Waals surface area (Å²) >= 11 is 6.31. The number of piperidine rings is 2. The van der Waals surface area contributed by atoms with E-state index < -0.39 is 26.5 Å². The Labute approximate surface area is 390 Å². The van der Waals surface area contributed by atoms with Gasteiger partial charge in [-0.3, -0.25) is 33.4 Å². The fourth-order valence-electron chi connectivity index (χ4n) is 10.8. The molecular weight excluding hydrogens is 880 g/mol. The first-order valence-corrected chi connectivity index (χ1v) is 25.5. The number of amides is 2. The molecule has 2 amide bonds. The van der Waals surface area contributed by atoms with Gasteiger partial charge in [-0.15, -0.1) is 0 Å². The lowest BCUT2D eigenvalue weighted by Gasteiger charge is -2.37. The Morgan fingerprint density at radius 2 is 1.64 bits per heavy atom. The van der Waals surface area contributed by atoms with Crippen molar-refractivity contribution < 1.29 is 22.7 Å². The van der Waals surface area contributed by atoms with Gasteiger partial charge in [-0.05, 0) is 157 Å². The molecule has 4 aliphatic rings. The molecule has 2 aliphatic carbocycles. The number of imidazole rings is 1. The summed E-state index contributed by atoms with van der Waals surface area (Å²) in [6, 6.07) is 12.2. The molecule has 5 aromatic rings. The standard InChI is InChI=1S/C49H61ClN8O7S/c1-30-25-37(14-15-39(30)52-47-51-28-34-26-38(50)46(61)57(44(34)54-47)35-7-5-6-8-35)66(63,64)49(2,3)21-24-65-36-12-9-31(10-13-36)29-56-22-19-32(20-23-56)33-11-16-40-42(27-33)55(4)48(62)58(40)41-17-18-43(59)53-45(41)60/h11,14-16,25-28,31-32,35-36,41H,5-10,12-13,17-24,29H2,1-4H3,(H,51,52,54)(H,53,59,60). The normalized spacial score (nSPS) is 21.8. The number of carbonyl (C=O) groups is 2. The zero-order chi connectivity index (χ0) is 46.5. The Morgan fingerprint density at radius 3 is 2.35 bits per heavy atom. The quantitative estimate of drug-likeness (QED) is 0.111. The summed E-state index contributed by atoms with van der Waals surface area (Å²) in [6.45, 7) is 8.85. The minimum Gasteiger partial charge on any atom is -0.378 e. The van der Waals surface area contributed by atoms with Crippen LogP contribution in [0, 0.1) is 12.8 Å². The Kier molecular flexibility index (Phi) is 13.1. The largest absolute Gasteiger partial charge is 0.378 e. The van der Waals surface area contributed by atoms with Crippen LogP contribution in [-0.2, 0) is 31.2 Å². The van der Waals surface area contributed by atoms with Crippen LogP contribution in [0.2, 0.25) is 5.02 Å². The molecule has 17 heteroatoms. The van der Waals surface area contributed by atoms with Crippen LogP contribution in [-0.4, -0.2) is 85.9 Å². The molecule has 9 rings (SSSR count). The van der Waals surface area contributed by atoms with Gasteiger partial charge in [-0.25, -0.2) is 18.2 Å². The van der Waals surface area contributed by atoms with Gasteiger partial charge in [0, 0.05) is 49.9 Å². The van der Waals surface area contributed by atoms with Gasteiger partial charge in [0.1, 0.15) is 16.7 Å². The molecule has 2 saturated carbocycles. The van der Waals surface area contributed by atoms with Gasteiger partial charge in [0.2, 0.25) is 17.8 Å². The average Bonchev–Trinajstić information content (AvgIpc) is 3.91. The second-order valence-electron chi connectivity index (χ2n) is 19.7. The van der Waals surface area contributed by atoms with E-state index in [2.05, 4.69) is 32.7 Å². The van der Waals surface area contributed by atoms with Crippen LogP contribution in [0.5, 0.6) is 0 Å². The van der Waals surface area contributed by atoms with Crippen molar-refractivity contribution in [1.82, 2.24) is 33.9 Å². The second kappa shape index (κ2) is 18.6. The summed E-state index contributed by atoms with van der Waals surface area (Å²) in [4.78, 5) is 62.8. The molecule has 0 spiro atoms. The number of aryl methyl sites for hydroxylation is 2. The molecule has 2 aromatic carbocycles. The van der Waals surface area contributed by atoms with Gasteiger partial charge in [0.05, 0.1) is 26.8 Å². The lowest BCUT2D eigenvalue weighted by atomic mass is 9.85. The predicted octanol–water partition coefficient (Wildman–Crippen LogP) is 7.64. The number of likely N-dealkylation sites (tertiary alicyclic amines) is 1. The van der Waals surface area contributed by atoms with Crippen LogP contribution >= 0.6 is 11.6 Å².